The molecule has 0 aromatic carbocycles. The molecule has 2 aliphatic rings. The van der Waals surface area contributed by atoms with Crippen LogP contribution in [0.4, 0.5) is 5.95 Å². The second-order valence-electron chi connectivity index (χ2n) is 5.87. The van der Waals surface area contributed by atoms with Crippen LogP contribution >= 0.6 is 0 Å². The van der Waals surface area contributed by atoms with Gasteiger partial charge in [0.15, 0.2) is 0 Å². The number of rotatable bonds is 4. The summed E-state index contributed by atoms with van der Waals surface area (Å²) in [5.41, 5.74) is 1.06. The van der Waals surface area contributed by atoms with Gasteiger partial charge in [-0.1, -0.05) is 0 Å². The number of likely N-dealkylation sites (tertiary alicyclic amines) is 1. The summed E-state index contributed by atoms with van der Waals surface area (Å²) in [4.78, 5) is 13.6. The third-order valence-corrected chi connectivity index (χ3v) is 4.24. The molecule has 1 aromatic rings. The van der Waals surface area contributed by atoms with Crippen molar-refractivity contribution >= 4 is 5.95 Å². The number of aliphatic hydroxyl groups is 1. The number of hydrogen-bond donors (Lipinski definition) is 1. The van der Waals surface area contributed by atoms with Gasteiger partial charge in [0.2, 0.25) is 5.95 Å². The zero-order valence-electron chi connectivity index (χ0n) is 12.4. The van der Waals surface area contributed by atoms with E-state index in [9.17, 15) is 5.11 Å². The molecule has 2 fully saturated rings. The number of piperidine rings is 1. The van der Waals surface area contributed by atoms with Gasteiger partial charge in [-0.15, -0.1) is 0 Å². The maximum absolute atomic E-state index is 9.32. The lowest BCUT2D eigenvalue weighted by Gasteiger charge is -2.32. The molecule has 3 rings (SSSR count). The Morgan fingerprint density at radius 2 is 2.14 bits per heavy atom. The number of morpholine rings is 1. The number of anilines is 1. The molecule has 0 amide bonds. The first kappa shape index (κ1) is 14.7. The topological polar surface area (TPSA) is 61.7 Å². The predicted molar refractivity (Wildman–Crippen MR) is 80.2 cm³/mol. The van der Waals surface area contributed by atoms with Crippen LogP contribution in [0.3, 0.4) is 0 Å². The lowest BCUT2D eigenvalue weighted by Crippen LogP contribution is -2.38. The molecule has 6 nitrogen and oxygen atoms in total. The molecule has 0 saturated carbocycles. The average molecular weight is 292 g/mol. The zero-order valence-corrected chi connectivity index (χ0v) is 12.4. The average Bonchev–Trinajstić information content (AvgIpc) is 2.56. The molecule has 2 saturated heterocycles. The minimum absolute atomic E-state index is 0.291. The second-order valence-corrected chi connectivity index (χ2v) is 5.87. The van der Waals surface area contributed by atoms with Crippen LogP contribution in [0.5, 0.6) is 0 Å². The minimum Gasteiger partial charge on any atom is -0.396 e. The van der Waals surface area contributed by atoms with Crippen molar-refractivity contribution in [1.82, 2.24) is 14.9 Å². The summed E-state index contributed by atoms with van der Waals surface area (Å²) in [6, 6.07) is 1.99. The van der Waals surface area contributed by atoms with Gasteiger partial charge in [0, 0.05) is 39.0 Å². The smallest absolute Gasteiger partial charge is 0.225 e. The van der Waals surface area contributed by atoms with Gasteiger partial charge >= 0.3 is 0 Å². The molecule has 116 valence electrons. The van der Waals surface area contributed by atoms with Gasteiger partial charge in [-0.25, -0.2) is 9.97 Å². The molecular weight excluding hydrogens is 268 g/mol. The maximum Gasteiger partial charge on any atom is 0.225 e. The number of ether oxygens (including phenoxy) is 1. The summed E-state index contributed by atoms with van der Waals surface area (Å²) in [5, 5.41) is 9.32. The first-order chi connectivity index (χ1) is 10.3. The Bertz CT molecular complexity index is 451. The van der Waals surface area contributed by atoms with E-state index >= 15 is 0 Å². The van der Waals surface area contributed by atoms with Gasteiger partial charge in [-0.3, -0.25) is 4.90 Å². The van der Waals surface area contributed by atoms with Gasteiger partial charge in [0.25, 0.3) is 0 Å². The van der Waals surface area contributed by atoms with E-state index < -0.39 is 0 Å². The van der Waals surface area contributed by atoms with Gasteiger partial charge < -0.3 is 14.7 Å². The van der Waals surface area contributed by atoms with E-state index in [-0.39, 0.29) is 0 Å². The SMILES string of the molecule is OC[C@H]1CCCN(Cc2ccnc(N3CCOCC3)n2)C1. The monoisotopic (exact) mass is 292 g/mol. The molecular formula is C15H24N4O2. The normalized spacial score (nSPS) is 24.2. The van der Waals surface area contributed by atoms with Crippen molar-refractivity contribution in [2.75, 3.05) is 50.9 Å². The van der Waals surface area contributed by atoms with Crippen LogP contribution in [0.15, 0.2) is 12.3 Å². The highest BCUT2D eigenvalue weighted by molar-refractivity contribution is 5.30. The first-order valence-electron chi connectivity index (χ1n) is 7.83. The lowest BCUT2D eigenvalue weighted by atomic mass is 9.99. The molecule has 0 aliphatic carbocycles. The van der Waals surface area contributed by atoms with Crippen molar-refractivity contribution in [3.63, 3.8) is 0 Å². The Hall–Kier alpha value is -1.24. The van der Waals surface area contributed by atoms with E-state index in [1.807, 2.05) is 12.3 Å². The molecule has 21 heavy (non-hydrogen) atoms. The first-order valence-corrected chi connectivity index (χ1v) is 7.83. The highest BCUT2D eigenvalue weighted by Crippen LogP contribution is 2.18. The summed E-state index contributed by atoms with van der Waals surface area (Å²) < 4.78 is 5.37. The van der Waals surface area contributed by atoms with Crippen molar-refractivity contribution in [2.24, 2.45) is 5.92 Å². The highest BCUT2D eigenvalue weighted by Gasteiger charge is 2.20. The van der Waals surface area contributed by atoms with E-state index in [4.69, 9.17) is 9.72 Å². The molecule has 3 heterocycles. The third-order valence-electron chi connectivity index (χ3n) is 4.24. The molecule has 1 N–H and O–H groups in total. The largest absolute Gasteiger partial charge is 0.396 e. The number of aromatic nitrogens is 2. The number of aliphatic hydroxyl groups excluding tert-OH is 1. The fraction of sp³-hybridized carbons (Fsp3) is 0.733. The lowest BCUT2D eigenvalue weighted by molar-refractivity contribution is 0.114. The van der Waals surface area contributed by atoms with Gasteiger partial charge in [0.1, 0.15) is 0 Å². The standard InChI is InChI=1S/C15H24N4O2/c20-12-13-2-1-5-18(10-13)11-14-3-4-16-15(17-14)19-6-8-21-9-7-19/h3-4,13,20H,1-2,5-12H2/t13-/m0/s1. The minimum atomic E-state index is 0.291. The highest BCUT2D eigenvalue weighted by atomic mass is 16.5. The van der Waals surface area contributed by atoms with Crippen LogP contribution in [0.1, 0.15) is 18.5 Å². The van der Waals surface area contributed by atoms with Gasteiger partial charge in [0.05, 0.1) is 18.9 Å². The van der Waals surface area contributed by atoms with Gasteiger partial charge in [-0.05, 0) is 31.4 Å². The van der Waals surface area contributed by atoms with E-state index in [0.717, 1.165) is 70.4 Å². The van der Waals surface area contributed by atoms with E-state index in [2.05, 4.69) is 14.8 Å². The summed E-state index contributed by atoms with van der Waals surface area (Å²) in [6.45, 7) is 6.41. The van der Waals surface area contributed by atoms with Gasteiger partial charge in [-0.2, -0.15) is 0 Å². The predicted octanol–water partition coefficient (Wildman–Crippen LogP) is 0.517. The molecule has 1 aromatic heterocycles. The molecule has 6 heteroatoms. The van der Waals surface area contributed by atoms with Crippen LogP contribution in [-0.4, -0.2) is 66.0 Å². The van der Waals surface area contributed by atoms with Crippen LogP contribution in [0.2, 0.25) is 0 Å². The van der Waals surface area contributed by atoms with E-state index in [1.165, 1.54) is 0 Å². The Labute approximate surface area is 125 Å². The van der Waals surface area contributed by atoms with Crippen molar-refractivity contribution in [3.05, 3.63) is 18.0 Å². The van der Waals surface area contributed by atoms with Crippen molar-refractivity contribution in [3.8, 4) is 0 Å². The molecule has 0 bridgehead atoms. The van der Waals surface area contributed by atoms with Crippen LogP contribution in [0, 0.1) is 5.92 Å². The molecule has 0 radical (unpaired) electrons. The Balaban J connectivity index is 1.62. The maximum atomic E-state index is 9.32. The molecule has 1 atom stereocenters. The van der Waals surface area contributed by atoms with Crippen molar-refractivity contribution in [2.45, 2.75) is 19.4 Å². The van der Waals surface area contributed by atoms with Crippen LogP contribution < -0.4 is 4.90 Å². The Morgan fingerprint density at radius 1 is 1.29 bits per heavy atom. The molecule has 0 unspecified atom stereocenters. The zero-order chi connectivity index (χ0) is 14.5. The molecule has 2 aliphatic heterocycles. The Morgan fingerprint density at radius 3 is 2.95 bits per heavy atom. The molecule has 0 spiro atoms. The fourth-order valence-electron chi connectivity index (χ4n) is 3.06. The number of hydrogen-bond acceptors (Lipinski definition) is 6. The summed E-state index contributed by atoms with van der Waals surface area (Å²) >= 11 is 0. The van der Waals surface area contributed by atoms with Crippen molar-refractivity contribution in [1.29, 1.82) is 0 Å². The summed E-state index contributed by atoms with van der Waals surface area (Å²) in [5.74, 6) is 1.23. The number of nitrogens with zero attached hydrogens (tertiary/aromatic N) is 4. The quantitative estimate of drug-likeness (QED) is 0.873. The fourth-order valence-corrected chi connectivity index (χ4v) is 3.06. The summed E-state index contributed by atoms with van der Waals surface area (Å²) in [6.07, 6.45) is 4.14. The third kappa shape index (κ3) is 3.90. The summed E-state index contributed by atoms with van der Waals surface area (Å²) in [7, 11) is 0. The van der Waals surface area contributed by atoms with Crippen molar-refractivity contribution < 1.29 is 9.84 Å². The second kappa shape index (κ2) is 7.15. The van der Waals surface area contributed by atoms with E-state index in [1.54, 1.807) is 0 Å². The van der Waals surface area contributed by atoms with Crippen LogP contribution in [-0.2, 0) is 11.3 Å². The van der Waals surface area contributed by atoms with Crippen LogP contribution in [0.25, 0.3) is 0 Å². The Kier molecular flexibility index (Phi) is 5.00. The van der Waals surface area contributed by atoms with E-state index in [0.29, 0.717) is 12.5 Å².